The molecule has 0 aliphatic rings. The summed E-state index contributed by atoms with van der Waals surface area (Å²) in [7, 11) is 0. The number of hydrogen-bond acceptors (Lipinski definition) is 8. The summed E-state index contributed by atoms with van der Waals surface area (Å²) in [6.45, 7) is 10.3. The van der Waals surface area contributed by atoms with Gasteiger partial charge in [-0.05, 0) is 31.5 Å². The number of thioether (sulfide) groups is 1. The Hall–Kier alpha value is -2.35. The fourth-order valence-electron chi connectivity index (χ4n) is 2.10. The Kier molecular flexibility index (Phi) is 5.31. The minimum Gasteiger partial charge on any atom is -0.484 e. The first-order valence-corrected chi connectivity index (χ1v) is 9.22. The van der Waals surface area contributed by atoms with Gasteiger partial charge in [-0.2, -0.15) is 4.98 Å². The summed E-state index contributed by atoms with van der Waals surface area (Å²) < 4.78 is 16.6. The molecule has 0 fully saturated rings. The summed E-state index contributed by atoms with van der Waals surface area (Å²) in [6, 6.07) is 7.80. The molecule has 0 aliphatic carbocycles. The van der Waals surface area contributed by atoms with Crippen molar-refractivity contribution in [2.45, 2.75) is 57.1 Å². The quantitative estimate of drug-likeness (QED) is 0.583. The molecule has 3 aromatic rings. The van der Waals surface area contributed by atoms with E-state index in [9.17, 15) is 0 Å². The molecule has 8 heteroatoms. The molecule has 2 aromatic heterocycles. The standard InChI is InChI=1S/C18H22N4O3S/c1-11-7-6-8-13(9-11)23-10-14-20-21-17(24-14)26-12(2)15-19-16(22-25-15)18(3,4)5/h6-9,12H,10H2,1-5H3/t12-/m1/s1. The molecular formula is C18H22N4O3S. The molecule has 0 bridgehead atoms. The molecular weight excluding hydrogens is 352 g/mol. The fraction of sp³-hybridized carbons (Fsp3) is 0.444. The first kappa shape index (κ1) is 18.4. The summed E-state index contributed by atoms with van der Waals surface area (Å²) in [6.07, 6.45) is 0. The van der Waals surface area contributed by atoms with Crippen molar-refractivity contribution in [2.75, 3.05) is 0 Å². The second kappa shape index (κ2) is 7.49. The Morgan fingerprint density at radius 1 is 1.23 bits per heavy atom. The maximum absolute atomic E-state index is 5.67. The molecule has 0 saturated carbocycles. The lowest BCUT2D eigenvalue weighted by Crippen LogP contribution is -2.13. The summed E-state index contributed by atoms with van der Waals surface area (Å²) >= 11 is 1.37. The predicted octanol–water partition coefficient (Wildman–Crippen LogP) is 4.49. The van der Waals surface area contributed by atoms with Gasteiger partial charge in [0.25, 0.3) is 11.1 Å². The Labute approximate surface area is 156 Å². The minimum absolute atomic E-state index is 0.0930. The average molecular weight is 374 g/mol. The van der Waals surface area contributed by atoms with E-state index in [0.717, 1.165) is 11.3 Å². The maximum atomic E-state index is 5.67. The van der Waals surface area contributed by atoms with Crippen LogP contribution in [0, 0.1) is 6.92 Å². The SMILES string of the molecule is Cc1cccc(OCc2nnc(S[C@H](C)c3nc(C(C)(C)C)no3)o2)c1. The number of benzene rings is 1. The van der Waals surface area contributed by atoms with Gasteiger partial charge in [-0.15, -0.1) is 10.2 Å². The van der Waals surface area contributed by atoms with E-state index in [1.165, 1.54) is 11.8 Å². The third-order valence-corrected chi connectivity index (χ3v) is 4.46. The monoisotopic (exact) mass is 374 g/mol. The number of aryl methyl sites for hydroxylation is 1. The van der Waals surface area contributed by atoms with E-state index in [4.69, 9.17) is 13.7 Å². The molecule has 0 spiro atoms. The van der Waals surface area contributed by atoms with Gasteiger partial charge in [0.15, 0.2) is 12.4 Å². The highest BCUT2D eigenvalue weighted by molar-refractivity contribution is 7.99. The molecule has 0 radical (unpaired) electrons. The lowest BCUT2D eigenvalue weighted by Gasteiger charge is -2.11. The van der Waals surface area contributed by atoms with E-state index < -0.39 is 0 Å². The van der Waals surface area contributed by atoms with Crippen molar-refractivity contribution in [3.05, 3.63) is 47.4 Å². The zero-order chi connectivity index (χ0) is 18.7. The van der Waals surface area contributed by atoms with Crippen molar-refractivity contribution >= 4 is 11.8 Å². The van der Waals surface area contributed by atoms with E-state index >= 15 is 0 Å². The summed E-state index contributed by atoms with van der Waals surface area (Å²) in [4.78, 5) is 4.46. The van der Waals surface area contributed by atoms with Crippen molar-refractivity contribution in [2.24, 2.45) is 0 Å². The molecule has 1 aromatic carbocycles. The van der Waals surface area contributed by atoms with E-state index in [2.05, 4.69) is 20.3 Å². The van der Waals surface area contributed by atoms with E-state index in [-0.39, 0.29) is 17.3 Å². The van der Waals surface area contributed by atoms with Crippen LogP contribution in [-0.2, 0) is 12.0 Å². The lowest BCUT2D eigenvalue weighted by atomic mass is 9.96. The zero-order valence-electron chi connectivity index (χ0n) is 15.5. The van der Waals surface area contributed by atoms with Crippen LogP contribution in [0.2, 0.25) is 0 Å². The minimum atomic E-state index is -0.156. The van der Waals surface area contributed by atoms with Crippen LogP contribution in [-0.4, -0.2) is 20.3 Å². The van der Waals surface area contributed by atoms with Crippen LogP contribution in [0.5, 0.6) is 5.75 Å². The molecule has 0 saturated heterocycles. The highest BCUT2D eigenvalue weighted by Crippen LogP contribution is 2.34. The summed E-state index contributed by atoms with van der Waals surface area (Å²) in [5, 5.41) is 12.4. The molecule has 2 heterocycles. The fourth-order valence-corrected chi connectivity index (χ4v) is 2.83. The van der Waals surface area contributed by atoms with E-state index in [1.54, 1.807) is 0 Å². The van der Waals surface area contributed by atoms with Gasteiger partial charge in [0.2, 0.25) is 5.89 Å². The van der Waals surface area contributed by atoms with Gasteiger partial charge >= 0.3 is 0 Å². The second-order valence-corrected chi connectivity index (χ2v) is 8.33. The molecule has 0 N–H and O–H groups in total. The van der Waals surface area contributed by atoms with Crippen LogP contribution < -0.4 is 4.74 Å². The summed E-state index contributed by atoms with van der Waals surface area (Å²) in [5.74, 6) is 2.40. The highest BCUT2D eigenvalue weighted by atomic mass is 32.2. The largest absolute Gasteiger partial charge is 0.484 e. The van der Waals surface area contributed by atoms with Gasteiger partial charge < -0.3 is 13.7 Å². The van der Waals surface area contributed by atoms with Gasteiger partial charge in [0.1, 0.15) is 5.75 Å². The number of aromatic nitrogens is 4. The second-order valence-electron chi connectivity index (χ2n) is 7.03. The van der Waals surface area contributed by atoms with Crippen molar-refractivity contribution in [3.8, 4) is 5.75 Å². The van der Waals surface area contributed by atoms with Crippen molar-refractivity contribution in [3.63, 3.8) is 0 Å². The van der Waals surface area contributed by atoms with Gasteiger partial charge in [-0.1, -0.05) is 49.8 Å². The Morgan fingerprint density at radius 2 is 2.04 bits per heavy atom. The molecule has 138 valence electrons. The first-order chi connectivity index (χ1) is 12.3. The van der Waals surface area contributed by atoms with Crippen molar-refractivity contribution < 1.29 is 13.7 Å². The van der Waals surface area contributed by atoms with Gasteiger partial charge in [0.05, 0.1) is 5.25 Å². The van der Waals surface area contributed by atoms with Crippen molar-refractivity contribution in [1.29, 1.82) is 0 Å². The number of ether oxygens (including phenoxy) is 1. The smallest absolute Gasteiger partial charge is 0.277 e. The molecule has 0 amide bonds. The van der Waals surface area contributed by atoms with Crippen LogP contribution >= 0.6 is 11.8 Å². The Morgan fingerprint density at radius 3 is 2.73 bits per heavy atom. The molecule has 7 nitrogen and oxygen atoms in total. The maximum Gasteiger partial charge on any atom is 0.277 e. The van der Waals surface area contributed by atoms with Crippen molar-refractivity contribution in [1.82, 2.24) is 20.3 Å². The van der Waals surface area contributed by atoms with Gasteiger partial charge in [-0.25, -0.2) is 0 Å². The van der Waals surface area contributed by atoms with E-state index in [1.807, 2.05) is 58.9 Å². The van der Waals surface area contributed by atoms with Crippen LogP contribution in [0.25, 0.3) is 0 Å². The first-order valence-electron chi connectivity index (χ1n) is 8.34. The van der Waals surface area contributed by atoms with Gasteiger partial charge in [-0.3, -0.25) is 0 Å². The lowest BCUT2D eigenvalue weighted by molar-refractivity contribution is 0.252. The van der Waals surface area contributed by atoms with Crippen LogP contribution in [0.4, 0.5) is 0 Å². The molecule has 1 atom stereocenters. The van der Waals surface area contributed by atoms with Crippen LogP contribution in [0.3, 0.4) is 0 Å². The third kappa shape index (κ3) is 4.63. The van der Waals surface area contributed by atoms with Gasteiger partial charge in [0, 0.05) is 5.41 Å². The Balaban J connectivity index is 1.58. The highest BCUT2D eigenvalue weighted by Gasteiger charge is 2.24. The molecule has 26 heavy (non-hydrogen) atoms. The molecule has 0 aliphatic heterocycles. The molecule has 0 unspecified atom stereocenters. The number of nitrogens with zero attached hydrogens (tertiary/aromatic N) is 4. The van der Waals surface area contributed by atoms with Crippen LogP contribution in [0.15, 0.2) is 38.4 Å². The van der Waals surface area contributed by atoms with E-state index in [0.29, 0.717) is 22.8 Å². The normalized spacial score (nSPS) is 13.0. The third-order valence-electron chi connectivity index (χ3n) is 3.54. The average Bonchev–Trinajstić information content (AvgIpc) is 3.22. The topological polar surface area (TPSA) is 87.1 Å². The number of hydrogen-bond donors (Lipinski definition) is 0. The Bertz CT molecular complexity index is 869. The van der Waals surface area contributed by atoms with Crippen LogP contribution in [0.1, 0.15) is 56.1 Å². The summed E-state index contributed by atoms with van der Waals surface area (Å²) in [5.41, 5.74) is 0.976. The zero-order valence-corrected chi connectivity index (χ0v) is 16.3. The number of rotatable bonds is 6. The molecule has 3 rings (SSSR count). The predicted molar refractivity (Wildman–Crippen MR) is 97.1 cm³/mol.